The van der Waals surface area contributed by atoms with E-state index in [4.69, 9.17) is 4.42 Å². The van der Waals surface area contributed by atoms with Gasteiger partial charge in [-0.1, -0.05) is 18.2 Å². The molecule has 2 aromatic rings. The van der Waals surface area contributed by atoms with Crippen LogP contribution in [-0.2, 0) is 0 Å². The summed E-state index contributed by atoms with van der Waals surface area (Å²) in [7, 11) is 0. The fourth-order valence-corrected chi connectivity index (χ4v) is 2.50. The SMILES string of the molecule is O=c1oc2ccccc2cc1C1CCNCC1. The van der Waals surface area contributed by atoms with E-state index in [0.717, 1.165) is 36.9 Å². The van der Waals surface area contributed by atoms with Gasteiger partial charge < -0.3 is 9.73 Å². The van der Waals surface area contributed by atoms with E-state index in [0.29, 0.717) is 11.5 Å². The lowest BCUT2D eigenvalue weighted by Gasteiger charge is -2.21. The fourth-order valence-electron chi connectivity index (χ4n) is 2.50. The predicted octanol–water partition coefficient (Wildman–Crippen LogP) is 2.26. The minimum Gasteiger partial charge on any atom is -0.423 e. The average molecular weight is 229 g/mol. The Morgan fingerprint density at radius 2 is 1.94 bits per heavy atom. The Kier molecular flexibility index (Phi) is 2.69. The minimum absolute atomic E-state index is 0.171. The van der Waals surface area contributed by atoms with Gasteiger partial charge in [-0.3, -0.25) is 0 Å². The molecule has 3 heteroatoms. The zero-order valence-corrected chi connectivity index (χ0v) is 9.61. The van der Waals surface area contributed by atoms with Gasteiger partial charge in [0.05, 0.1) is 0 Å². The maximum Gasteiger partial charge on any atom is 0.339 e. The molecular weight excluding hydrogens is 214 g/mol. The van der Waals surface area contributed by atoms with Crippen LogP contribution >= 0.6 is 0 Å². The fraction of sp³-hybridized carbons (Fsp3) is 0.357. The molecular formula is C14H15NO2. The molecule has 3 rings (SSSR count). The summed E-state index contributed by atoms with van der Waals surface area (Å²) >= 11 is 0. The molecule has 1 aliphatic heterocycles. The standard InChI is InChI=1S/C14H15NO2/c16-14-12(10-5-7-15-8-6-10)9-11-3-1-2-4-13(11)17-14/h1-4,9-10,15H,5-8H2. The third-order valence-electron chi connectivity index (χ3n) is 3.45. The van der Waals surface area contributed by atoms with Crippen LogP contribution in [0.15, 0.2) is 39.5 Å². The highest BCUT2D eigenvalue weighted by Crippen LogP contribution is 2.25. The van der Waals surface area contributed by atoms with Crippen LogP contribution in [0.25, 0.3) is 11.0 Å². The van der Waals surface area contributed by atoms with Crippen molar-refractivity contribution in [1.82, 2.24) is 5.32 Å². The molecule has 0 amide bonds. The maximum atomic E-state index is 11.9. The van der Waals surface area contributed by atoms with Crippen molar-refractivity contribution in [2.45, 2.75) is 18.8 Å². The molecule has 0 spiro atoms. The van der Waals surface area contributed by atoms with Crippen LogP contribution in [0, 0.1) is 0 Å². The molecule has 1 fully saturated rings. The van der Waals surface area contributed by atoms with Crippen molar-refractivity contribution in [2.24, 2.45) is 0 Å². The Labute approximate surface area is 99.4 Å². The summed E-state index contributed by atoms with van der Waals surface area (Å²) in [6.07, 6.45) is 2.03. The van der Waals surface area contributed by atoms with Gasteiger partial charge >= 0.3 is 5.63 Å². The molecule has 1 aromatic heterocycles. The third kappa shape index (κ3) is 1.98. The monoisotopic (exact) mass is 229 g/mol. The summed E-state index contributed by atoms with van der Waals surface area (Å²) < 4.78 is 5.37. The predicted molar refractivity (Wildman–Crippen MR) is 67.3 cm³/mol. The summed E-state index contributed by atoms with van der Waals surface area (Å²) in [5, 5.41) is 4.32. The lowest BCUT2D eigenvalue weighted by Crippen LogP contribution is -2.28. The molecule has 0 aliphatic carbocycles. The molecule has 2 heterocycles. The van der Waals surface area contributed by atoms with E-state index in [-0.39, 0.29) is 5.63 Å². The van der Waals surface area contributed by atoms with Gasteiger partial charge in [-0.05, 0) is 44.0 Å². The van der Waals surface area contributed by atoms with Crippen molar-refractivity contribution in [3.63, 3.8) is 0 Å². The second kappa shape index (κ2) is 4.34. The number of piperidine rings is 1. The number of nitrogens with one attached hydrogen (secondary N) is 1. The van der Waals surface area contributed by atoms with Crippen molar-refractivity contribution in [3.05, 3.63) is 46.3 Å². The molecule has 17 heavy (non-hydrogen) atoms. The van der Waals surface area contributed by atoms with Gasteiger partial charge in [-0.2, -0.15) is 0 Å². The number of hydrogen-bond donors (Lipinski definition) is 1. The highest BCUT2D eigenvalue weighted by Gasteiger charge is 2.19. The van der Waals surface area contributed by atoms with Crippen LogP contribution in [0.5, 0.6) is 0 Å². The minimum atomic E-state index is -0.171. The van der Waals surface area contributed by atoms with E-state index in [9.17, 15) is 4.79 Å². The smallest absolute Gasteiger partial charge is 0.339 e. The topological polar surface area (TPSA) is 42.2 Å². The Bertz CT molecular complexity index is 582. The van der Waals surface area contributed by atoms with E-state index in [1.54, 1.807) is 0 Å². The first kappa shape index (κ1) is 10.5. The van der Waals surface area contributed by atoms with E-state index in [1.165, 1.54) is 0 Å². The van der Waals surface area contributed by atoms with Crippen LogP contribution in [0.4, 0.5) is 0 Å². The largest absolute Gasteiger partial charge is 0.423 e. The van der Waals surface area contributed by atoms with Crippen LogP contribution in [0.1, 0.15) is 24.3 Å². The first-order valence-corrected chi connectivity index (χ1v) is 6.08. The summed E-state index contributed by atoms with van der Waals surface area (Å²) in [5.74, 6) is 0.345. The van der Waals surface area contributed by atoms with Gasteiger partial charge in [0, 0.05) is 10.9 Å². The molecule has 1 saturated heterocycles. The van der Waals surface area contributed by atoms with Gasteiger partial charge in [-0.25, -0.2) is 4.79 Å². The first-order chi connectivity index (χ1) is 8.34. The molecule has 0 saturated carbocycles. The molecule has 0 radical (unpaired) electrons. The molecule has 0 atom stereocenters. The van der Waals surface area contributed by atoms with Gasteiger partial charge in [0.2, 0.25) is 0 Å². The van der Waals surface area contributed by atoms with E-state index in [1.807, 2.05) is 30.3 Å². The number of hydrogen-bond acceptors (Lipinski definition) is 3. The number of fused-ring (bicyclic) bond motifs is 1. The Balaban J connectivity index is 2.09. The van der Waals surface area contributed by atoms with Gasteiger partial charge in [0.1, 0.15) is 5.58 Å². The van der Waals surface area contributed by atoms with Crippen molar-refractivity contribution < 1.29 is 4.42 Å². The van der Waals surface area contributed by atoms with Crippen molar-refractivity contribution in [2.75, 3.05) is 13.1 Å². The van der Waals surface area contributed by atoms with Crippen molar-refractivity contribution >= 4 is 11.0 Å². The Morgan fingerprint density at radius 1 is 1.18 bits per heavy atom. The Hall–Kier alpha value is -1.61. The van der Waals surface area contributed by atoms with E-state index < -0.39 is 0 Å². The quantitative estimate of drug-likeness (QED) is 0.763. The number of rotatable bonds is 1. The zero-order valence-electron chi connectivity index (χ0n) is 9.61. The molecule has 0 bridgehead atoms. The highest BCUT2D eigenvalue weighted by molar-refractivity contribution is 5.76. The van der Waals surface area contributed by atoms with Gasteiger partial charge in [-0.15, -0.1) is 0 Å². The van der Waals surface area contributed by atoms with Crippen LogP contribution < -0.4 is 10.9 Å². The number of benzene rings is 1. The number of para-hydroxylation sites is 1. The van der Waals surface area contributed by atoms with Crippen molar-refractivity contribution in [3.8, 4) is 0 Å². The highest BCUT2D eigenvalue weighted by atomic mass is 16.4. The van der Waals surface area contributed by atoms with Crippen molar-refractivity contribution in [1.29, 1.82) is 0 Å². The second-order valence-corrected chi connectivity index (χ2v) is 4.55. The summed E-state index contributed by atoms with van der Waals surface area (Å²) in [5.41, 5.74) is 1.34. The summed E-state index contributed by atoms with van der Waals surface area (Å²) in [6, 6.07) is 9.67. The van der Waals surface area contributed by atoms with Gasteiger partial charge in [0.15, 0.2) is 0 Å². The molecule has 0 unspecified atom stereocenters. The first-order valence-electron chi connectivity index (χ1n) is 6.08. The lowest BCUT2D eigenvalue weighted by atomic mass is 9.91. The summed E-state index contributed by atoms with van der Waals surface area (Å²) in [6.45, 7) is 1.97. The average Bonchev–Trinajstić information content (AvgIpc) is 2.39. The molecule has 1 aliphatic rings. The van der Waals surface area contributed by atoms with Crippen LogP contribution in [0.2, 0.25) is 0 Å². The molecule has 1 aromatic carbocycles. The molecule has 3 nitrogen and oxygen atoms in total. The van der Waals surface area contributed by atoms with E-state index in [2.05, 4.69) is 5.32 Å². The molecule has 88 valence electrons. The lowest BCUT2D eigenvalue weighted by molar-refractivity contribution is 0.442. The Morgan fingerprint density at radius 3 is 2.76 bits per heavy atom. The summed E-state index contributed by atoms with van der Waals surface area (Å²) in [4.78, 5) is 11.9. The van der Waals surface area contributed by atoms with Gasteiger partial charge in [0.25, 0.3) is 0 Å². The van der Waals surface area contributed by atoms with E-state index >= 15 is 0 Å². The maximum absolute atomic E-state index is 11.9. The zero-order chi connectivity index (χ0) is 11.7. The van der Waals surface area contributed by atoms with Crippen LogP contribution in [0.3, 0.4) is 0 Å². The third-order valence-corrected chi connectivity index (χ3v) is 3.45. The van der Waals surface area contributed by atoms with Crippen LogP contribution in [-0.4, -0.2) is 13.1 Å². The second-order valence-electron chi connectivity index (χ2n) is 4.55. The normalized spacial score (nSPS) is 17.4. The molecule has 1 N–H and O–H groups in total.